The van der Waals surface area contributed by atoms with Crippen LogP contribution in [0.1, 0.15) is 13.8 Å². The van der Waals surface area contributed by atoms with Gasteiger partial charge in [-0.1, -0.05) is 11.6 Å². The molecule has 92 valence electrons. The number of imidazole rings is 1. The summed E-state index contributed by atoms with van der Waals surface area (Å²) in [6.07, 6.45) is 0.129. The lowest BCUT2D eigenvalue weighted by Gasteiger charge is -2.12. The van der Waals surface area contributed by atoms with Crippen molar-refractivity contribution in [2.45, 2.75) is 26.5 Å². The molecule has 1 N–H and O–H groups in total. The van der Waals surface area contributed by atoms with Crippen molar-refractivity contribution >= 4 is 34.9 Å². The van der Waals surface area contributed by atoms with E-state index in [0.717, 1.165) is 17.6 Å². The Kier molecular flexibility index (Phi) is 3.86. The molecule has 0 radical (unpaired) electrons. The minimum Gasteiger partial charge on any atom is -0.377 e. The second-order valence-electron chi connectivity index (χ2n) is 3.97. The average molecular weight is 271 g/mol. The molecule has 0 aliphatic rings. The molecule has 0 spiro atoms. The predicted octanol–water partition coefficient (Wildman–Crippen LogP) is 3.78. The van der Waals surface area contributed by atoms with Gasteiger partial charge in [-0.05, 0) is 44.3 Å². The molecule has 0 aliphatic heterocycles. The zero-order valence-electron chi connectivity index (χ0n) is 9.87. The van der Waals surface area contributed by atoms with E-state index in [4.69, 9.17) is 28.6 Å². The number of nitrogens with one attached hydrogen (secondary N) is 1. The number of rotatable bonds is 4. The summed E-state index contributed by atoms with van der Waals surface area (Å²) in [7, 11) is 0. The second kappa shape index (κ2) is 5.21. The van der Waals surface area contributed by atoms with E-state index in [-0.39, 0.29) is 6.10 Å². The standard InChI is InChI=1S/C12H15ClN2OS/c1-3-16-8(2)7-15-11-6-9(13)4-5-10(11)14-12(15)17/h4-6,8H,3,7H2,1-2H3,(H,14,17). The Balaban J connectivity index is 2.42. The minimum absolute atomic E-state index is 0.129. The van der Waals surface area contributed by atoms with Gasteiger partial charge in [-0.15, -0.1) is 0 Å². The maximum atomic E-state index is 6.01. The molecule has 1 heterocycles. The quantitative estimate of drug-likeness (QED) is 0.857. The zero-order chi connectivity index (χ0) is 12.4. The summed E-state index contributed by atoms with van der Waals surface area (Å²) in [6, 6.07) is 5.71. The first-order valence-electron chi connectivity index (χ1n) is 5.61. The van der Waals surface area contributed by atoms with Gasteiger partial charge < -0.3 is 14.3 Å². The lowest BCUT2D eigenvalue weighted by Crippen LogP contribution is -2.16. The molecule has 0 bridgehead atoms. The van der Waals surface area contributed by atoms with E-state index in [1.165, 1.54) is 0 Å². The number of aromatic amines is 1. The van der Waals surface area contributed by atoms with Gasteiger partial charge in [0.2, 0.25) is 0 Å². The topological polar surface area (TPSA) is 29.9 Å². The molecule has 3 nitrogen and oxygen atoms in total. The molecule has 0 saturated heterocycles. The van der Waals surface area contributed by atoms with Gasteiger partial charge in [0, 0.05) is 11.6 Å². The van der Waals surface area contributed by atoms with Crippen molar-refractivity contribution in [3.05, 3.63) is 28.0 Å². The van der Waals surface area contributed by atoms with Crippen molar-refractivity contribution < 1.29 is 4.74 Å². The molecular weight excluding hydrogens is 256 g/mol. The maximum Gasteiger partial charge on any atom is 0.178 e. The van der Waals surface area contributed by atoms with Gasteiger partial charge in [0.15, 0.2) is 4.77 Å². The second-order valence-corrected chi connectivity index (χ2v) is 4.79. The molecule has 0 fully saturated rings. The summed E-state index contributed by atoms with van der Waals surface area (Å²) in [5, 5.41) is 0.712. The molecule has 1 aromatic carbocycles. The van der Waals surface area contributed by atoms with Crippen LogP contribution < -0.4 is 0 Å². The normalized spacial score (nSPS) is 13.1. The van der Waals surface area contributed by atoms with E-state index in [0.29, 0.717) is 16.4 Å². The number of benzene rings is 1. The van der Waals surface area contributed by atoms with Gasteiger partial charge in [-0.3, -0.25) is 0 Å². The first kappa shape index (κ1) is 12.6. The van der Waals surface area contributed by atoms with Crippen molar-refractivity contribution in [3.63, 3.8) is 0 Å². The van der Waals surface area contributed by atoms with Crippen molar-refractivity contribution in [3.8, 4) is 0 Å². The van der Waals surface area contributed by atoms with Crippen LogP contribution in [0, 0.1) is 4.77 Å². The molecule has 1 atom stereocenters. The Hall–Kier alpha value is -0.840. The largest absolute Gasteiger partial charge is 0.377 e. The first-order valence-corrected chi connectivity index (χ1v) is 6.40. The summed E-state index contributed by atoms with van der Waals surface area (Å²) in [6.45, 7) is 5.46. The molecular formula is C12H15ClN2OS. The fourth-order valence-corrected chi connectivity index (χ4v) is 2.35. The van der Waals surface area contributed by atoms with E-state index >= 15 is 0 Å². The third-order valence-corrected chi connectivity index (χ3v) is 3.19. The van der Waals surface area contributed by atoms with E-state index in [1.54, 1.807) is 0 Å². The molecule has 5 heteroatoms. The number of ether oxygens (including phenoxy) is 1. The lowest BCUT2D eigenvalue weighted by molar-refractivity contribution is 0.0645. The van der Waals surface area contributed by atoms with Crippen LogP contribution in [0.15, 0.2) is 18.2 Å². The van der Waals surface area contributed by atoms with Gasteiger partial charge in [-0.2, -0.15) is 0 Å². The van der Waals surface area contributed by atoms with Crippen LogP contribution in [0.5, 0.6) is 0 Å². The molecule has 2 rings (SSSR count). The van der Waals surface area contributed by atoms with Crippen LogP contribution in [0.3, 0.4) is 0 Å². The van der Waals surface area contributed by atoms with E-state index in [9.17, 15) is 0 Å². The SMILES string of the molecule is CCOC(C)Cn1c(=S)[nH]c2ccc(Cl)cc21. The lowest BCUT2D eigenvalue weighted by atomic mass is 10.3. The zero-order valence-corrected chi connectivity index (χ0v) is 11.4. The van der Waals surface area contributed by atoms with Crippen LogP contribution in [-0.2, 0) is 11.3 Å². The Labute approximate surface area is 110 Å². The fraction of sp³-hybridized carbons (Fsp3) is 0.417. The van der Waals surface area contributed by atoms with Crippen LogP contribution in [0.4, 0.5) is 0 Å². The number of hydrogen-bond donors (Lipinski definition) is 1. The van der Waals surface area contributed by atoms with Crippen LogP contribution in [0.25, 0.3) is 11.0 Å². The Morgan fingerprint density at radius 2 is 2.29 bits per heavy atom. The third kappa shape index (κ3) is 2.70. The van der Waals surface area contributed by atoms with E-state index in [2.05, 4.69) is 4.98 Å². The van der Waals surface area contributed by atoms with Crippen molar-refractivity contribution in [2.75, 3.05) is 6.61 Å². The average Bonchev–Trinajstić information content (AvgIpc) is 2.56. The monoisotopic (exact) mass is 270 g/mol. The van der Waals surface area contributed by atoms with Gasteiger partial charge in [-0.25, -0.2) is 0 Å². The van der Waals surface area contributed by atoms with E-state index < -0.39 is 0 Å². The fourth-order valence-electron chi connectivity index (χ4n) is 1.90. The maximum absolute atomic E-state index is 6.01. The number of hydrogen-bond acceptors (Lipinski definition) is 2. The van der Waals surface area contributed by atoms with Gasteiger partial charge in [0.05, 0.1) is 23.7 Å². The Morgan fingerprint density at radius 3 is 3.00 bits per heavy atom. The molecule has 0 saturated carbocycles. The van der Waals surface area contributed by atoms with Crippen molar-refractivity contribution in [1.29, 1.82) is 0 Å². The molecule has 17 heavy (non-hydrogen) atoms. The van der Waals surface area contributed by atoms with E-state index in [1.807, 2.05) is 36.6 Å². The summed E-state index contributed by atoms with van der Waals surface area (Å²) >= 11 is 11.3. The summed E-state index contributed by atoms with van der Waals surface area (Å²) in [5.41, 5.74) is 2.03. The Morgan fingerprint density at radius 1 is 1.53 bits per heavy atom. The molecule has 0 aliphatic carbocycles. The highest BCUT2D eigenvalue weighted by molar-refractivity contribution is 7.71. The summed E-state index contributed by atoms with van der Waals surface area (Å²) in [4.78, 5) is 3.17. The number of halogens is 1. The number of H-pyrrole nitrogens is 1. The van der Waals surface area contributed by atoms with Crippen LogP contribution in [0.2, 0.25) is 5.02 Å². The molecule has 2 aromatic rings. The van der Waals surface area contributed by atoms with Gasteiger partial charge in [0.1, 0.15) is 0 Å². The molecule has 1 aromatic heterocycles. The Bertz CT molecular complexity index is 575. The number of nitrogens with zero attached hydrogens (tertiary/aromatic N) is 1. The van der Waals surface area contributed by atoms with Crippen molar-refractivity contribution in [2.24, 2.45) is 0 Å². The predicted molar refractivity (Wildman–Crippen MR) is 73.2 cm³/mol. The third-order valence-electron chi connectivity index (χ3n) is 2.63. The summed E-state index contributed by atoms with van der Waals surface area (Å²) in [5.74, 6) is 0. The minimum atomic E-state index is 0.129. The van der Waals surface area contributed by atoms with Gasteiger partial charge >= 0.3 is 0 Å². The number of fused-ring (bicyclic) bond motifs is 1. The smallest absolute Gasteiger partial charge is 0.178 e. The van der Waals surface area contributed by atoms with Crippen molar-refractivity contribution in [1.82, 2.24) is 9.55 Å². The highest BCUT2D eigenvalue weighted by atomic mass is 35.5. The first-order chi connectivity index (χ1) is 8.11. The van der Waals surface area contributed by atoms with Crippen LogP contribution >= 0.6 is 23.8 Å². The molecule has 0 amide bonds. The highest BCUT2D eigenvalue weighted by Gasteiger charge is 2.08. The molecule has 1 unspecified atom stereocenters. The van der Waals surface area contributed by atoms with Crippen LogP contribution in [-0.4, -0.2) is 22.3 Å². The highest BCUT2D eigenvalue weighted by Crippen LogP contribution is 2.19. The van der Waals surface area contributed by atoms with Gasteiger partial charge in [0.25, 0.3) is 0 Å². The summed E-state index contributed by atoms with van der Waals surface area (Å²) < 4.78 is 8.26. The number of aromatic nitrogens is 2.